The fraction of sp³-hybridized carbons (Fsp3) is 0.556. The van der Waals surface area contributed by atoms with Crippen LogP contribution in [0.15, 0.2) is 24.3 Å². The first-order valence-corrected chi connectivity index (χ1v) is 15.4. The molecular formula is C27H40N4O3S. The largest absolute Gasteiger partial charge is 0.394 e. The molecule has 1 amide bonds. The van der Waals surface area contributed by atoms with Gasteiger partial charge in [0.2, 0.25) is 0 Å². The number of H-pyrrole nitrogens is 1. The van der Waals surface area contributed by atoms with Crippen LogP contribution in [0.1, 0.15) is 48.8 Å². The molecule has 1 aromatic carbocycles. The lowest BCUT2D eigenvalue weighted by Crippen LogP contribution is -2.34. The number of hydrogen-bond donors (Lipinski definition) is 3. The van der Waals surface area contributed by atoms with Gasteiger partial charge in [0.05, 0.1) is 18.9 Å². The molecule has 1 unspecified atom stereocenters. The van der Waals surface area contributed by atoms with Gasteiger partial charge in [-0.05, 0) is 68.6 Å². The molecule has 0 saturated carbocycles. The summed E-state index contributed by atoms with van der Waals surface area (Å²) in [6.45, 7) is 7.55. The quantitative estimate of drug-likeness (QED) is 0.382. The zero-order chi connectivity index (χ0) is 25.4. The van der Waals surface area contributed by atoms with Crippen molar-refractivity contribution in [3.63, 3.8) is 0 Å². The van der Waals surface area contributed by atoms with Gasteiger partial charge in [-0.3, -0.25) is 4.79 Å². The van der Waals surface area contributed by atoms with Crippen molar-refractivity contribution in [1.29, 1.82) is 0 Å². The molecule has 0 aliphatic heterocycles. The Morgan fingerprint density at radius 1 is 1.31 bits per heavy atom. The summed E-state index contributed by atoms with van der Waals surface area (Å²) < 4.78 is 8.13. The van der Waals surface area contributed by atoms with Gasteiger partial charge in [0.15, 0.2) is 0 Å². The number of nitrogens with one attached hydrogen (secondary N) is 2. The predicted molar refractivity (Wildman–Crippen MR) is 146 cm³/mol. The van der Waals surface area contributed by atoms with E-state index in [1.54, 1.807) is 6.92 Å². The zero-order valence-corrected chi connectivity index (χ0v) is 22.7. The molecule has 1 atom stereocenters. The summed E-state index contributed by atoms with van der Waals surface area (Å²) in [6.07, 6.45) is 10.0. The van der Waals surface area contributed by atoms with Crippen LogP contribution in [0.4, 0.5) is 0 Å². The van der Waals surface area contributed by atoms with Gasteiger partial charge in [0, 0.05) is 39.5 Å². The number of carbonyl (C=O) groups is 1. The van der Waals surface area contributed by atoms with E-state index in [4.69, 9.17) is 9.84 Å². The minimum Gasteiger partial charge on any atom is -0.394 e. The van der Waals surface area contributed by atoms with Gasteiger partial charge in [0.1, 0.15) is 12.4 Å². The highest BCUT2D eigenvalue weighted by Gasteiger charge is 2.31. The highest BCUT2D eigenvalue weighted by Crippen LogP contribution is 2.39. The first kappa shape index (κ1) is 25.8. The molecule has 3 N–H and O–H groups in total. The number of fused-ring (bicyclic) bond motifs is 2. The van der Waals surface area contributed by atoms with Crippen molar-refractivity contribution in [3.05, 3.63) is 41.1 Å². The highest BCUT2D eigenvalue weighted by molar-refractivity contribution is 8.32. The number of aromatic nitrogens is 3. The molecule has 1 aliphatic rings. The summed E-state index contributed by atoms with van der Waals surface area (Å²) in [5.74, 6) is 0.895. The van der Waals surface area contributed by atoms with Crippen LogP contribution in [0, 0.1) is 5.41 Å². The highest BCUT2D eigenvalue weighted by atomic mass is 32.3. The summed E-state index contributed by atoms with van der Waals surface area (Å²) >= 11 is 0. The smallest absolute Gasteiger partial charge is 0.251 e. The number of ether oxygens (including phenoxy) is 1. The molecule has 0 saturated heterocycles. The van der Waals surface area contributed by atoms with Crippen molar-refractivity contribution in [1.82, 2.24) is 20.1 Å². The van der Waals surface area contributed by atoms with Crippen molar-refractivity contribution in [2.75, 3.05) is 37.7 Å². The third-order valence-corrected chi connectivity index (χ3v) is 8.10. The number of hydrogen-bond acceptors (Lipinski definition) is 4. The summed E-state index contributed by atoms with van der Waals surface area (Å²) in [4.78, 5) is 16.0. The Bertz CT molecular complexity index is 1210. The number of benzene rings is 1. The number of amides is 1. The molecule has 2 aromatic heterocycles. The summed E-state index contributed by atoms with van der Waals surface area (Å²) in [6, 6.07) is 7.47. The normalized spacial score (nSPS) is 16.8. The monoisotopic (exact) mass is 500 g/mol. The Kier molecular flexibility index (Phi) is 7.36. The first-order chi connectivity index (χ1) is 16.5. The number of nitrogens with zero attached hydrogens (tertiary/aromatic N) is 2. The SMILES string of the molecule is CC(CO)NC(=O)c1ccc2cc(-c3nn(COCCS(C)(C)C)c4c3CCC(C)(C)C4)[nH]c2c1. The molecule has 8 heteroatoms. The lowest BCUT2D eigenvalue weighted by atomic mass is 9.76. The Hall–Kier alpha value is -2.29. The number of aliphatic hydroxyl groups is 1. The van der Waals surface area contributed by atoms with Crippen LogP contribution in [-0.4, -0.2) is 69.6 Å². The van der Waals surface area contributed by atoms with E-state index in [0.717, 1.165) is 53.9 Å². The van der Waals surface area contributed by atoms with Gasteiger partial charge >= 0.3 is 0 Å². The predicted octanol–water partition coefficient (Wildman–Crippen LogP) is 4.33. The molecule has 0 bridgehead atoms. The van der Waals surface area contributed by atoms with Crippen LogP contribution >= 0.6 is 10.0 Å². The van der Waals surface area contributed by atoms with Crippen LogP contribution in [-0.2, 0) is 24.3 Å². The van der Waals surface area contributed by atoms with E-state index in [1.165, 1.54) is 11.3 Å². The molecule has 3 aromatic rings. The third kappa shape index (κ3) is 6.11. The molecule has 1 aliphatic carbocycles. The van der Waals surface area contributed by atoms with Crippen molar-refractivity contribution in [2.24, 2.45) is 5.41 Å². The van der Waals surface area contributed by atoms with E-state index in [2.05, 4.69) is 53.7 Å². The standard InChI is InChI=1S/C27H40N4O3S/c1-18(16-32)28-26(33)20-8-7-19-13-23(29-22(19)14-20)25-21-9-10-27(2,3)15-24(21)31(30-25)17-34-11-12-35(4,5)6/h7-8,13-14,18,29,32H,9-12,15-17H2,1-6H3,(H,28,33). The summed E-state index contributed by atoms with van der Waals surface area (Å²) in [5, 5.41) is 18.1. The second-order valence-corrected chi connectivity index (χ2v) is 16.1. The van der Waals surface area contributed by atoms with Crippen LogP contribution in [0.5, 0.6) is 0 Å². The van der Waals surface area contributed by atoms with Gasteiger partial charge in [-0.15, -0.1) is 0 Å². The van der Waals surface area contributed by atoms with E-state index in [1.807, 2.05) is 18.2 Å². The van der Waals surface area contributed by atoms with Crippen molar-refractivity contribution < 1.29 is 14.6 Å². The lowest BCUT2D eigenvalue weighted by molar-refractivity contribution is 0.0770. The lowest BCUT2D eigenvalue weighted by Gasteiger charge is -2.30. The fourth-order valence-electron chi connectivity index (χ4n) is 4.53. The molecule has 2 heterocycles. The third-order valence-electron chi connectivity index (χ3n) is 6.71. The van der Waals surface area contributed by atoms with Crippen LogP contribution in [0.2, 0.25) is 0 Å². The second-order valence-electron chi connectivity index (χ2n) is 11.5. The first-order valence-electron chi connectivity index (χ1n) is 12.3. The van der Waals surface area contributed by atoms with Crippen molar-refractivity contribution >= 4 is 26.8 Å². The Balaban J connectivity index is 1.62. The fourth-order valence-corrected chi connectivity index (χ4v) is 5.15. The Morgan fingerprint density at radius 3 is 2.80 bits per heavy atom. The molecule has 0 fully saturated rings. The van der Waals surface area contributed by atoms with Gasteiger partial charge < -0.3 is 20.1 Å². The van der Waals surface area contributed by atoms with E-state index >= 15 is 0 Å². The van der Waals surface area contributed by atoms with E-state index in [-0.39, 0.29) is 24.0 Å². The van der Waals surface area contributed by atoms with Gasteiger partial charge in [-0.1, -0.05) is 19.9 Å². The van der Waals surface area contributed by atoms with Crippen molar-refractivity contribution in [3.8, 4) is 11.4 Å². The maximum absolute atomic E-state index is 12.5. The number of rotatable bonds is 9. The van der Waals surface area contributed by atoms with E-state index in [0.29, 0.717) is 12.3 Å². The molecule has 0 radical (unpaired) electrons. The van der Waals surface area contributed by atoms with Crippen LogP contribution in [0.25, 0.3) is 22.3 Å². The molecule has 192 valence electrons. The van der Waals surface area contributed by atoms with Gasteiger partial charge in [0.25, 0.3) is 5.91 Å². The minimum atomic E-state index is -0.586. The molecule has 0 spiro atoms. The Morgan fingerprint density at radius 2 is 2.09 bits per heavy atom. The topological polar surface area (TPSA) is 92.2 Å². The van der Waals surface area contributed by atoms with Crippen LogP contribution in [0.3, 0.4) is 0 Å². The Labute approximate surface area is 209 Å². The van der Waals surface area contributed by atoms with E-state index in [9.17, 15) is 9.90 Å². The summed E-state index contributed by atoms with van der Waals surface area (Å²) in [5.41, 5.74) is 6.23. The average Bonchev–Trinajstić information content (AvgIpc) is 3.35. The molecule has 7 nitrogen and oxygen atoms in total. The van der Waals surface area contributed by atoms with E-state index < -0.39 is 10.0 Å². The zero-order valence-electron chi connectivity index (χ0n) is 21.9. The second kappa shape index (κ2) is 9.99. The van der Waals surface area contributed by atoms with Gasteiger partial charge in [-0.25, -0.2) is 14.7 Å². The average molecular weight is 501 g/mol. The number of aromatic amines is 1. The minimum absolute atomic E-state index is 0.0910. The van der Waals surface area contributed by atoms with Gasteiger partial charge in [-0.2, -0.15) is 5.10 Å². The molecule has 4 rings (SSSR count). The number of aliphatic hydroxyl groups excluding tert-OH is 1. The number of carbonyl (C=O) groups excluding carboxylic acids is 1. The molecular weight excluding hydrogens is 460 g/mol. The maximum Gasteiger partial charge on any atom is 0.251 e. The molecule has 35 heavy (non-hydrogen) atoms. The summed E-state index contributed by atoms with van der Waals surface area (Å²) in [7, 11) is -0.586. The van der Waals surface area contributed by atoms with Crippen LogP contribution < -0.4 is 5.32 Å². The maximum atomic E-state index is 12.5. The van der Waals surface area contributed by atoms with Crippen molar-refractivity contribution in [2.45, 2.75) is 52.8 Å².